The molecule has 0 radical (unpaired) electrons. The molecule has 4 amide bonds. The molecule has 0 bridgehead atoms. The normalized spacial score (nSPS) is 10.3. The van der Waals surface area contributed by atoms with Crippen LogP contribution in [-0.2, 0) is 0 Å². The molecular formula is C29H26Cl2N4O4. The molecule has 0 saturated carbocycles. The van der Waals surface area contributed by atoms with Crippen LogP contribution < -0.4 is 30.7 Å². The summed E-state index contributed by atoms with van der Waals surface area (Å²) in [6.07, 6.45) is 0.674. The van der Waals surface area contributed by atoms with E-state index in [1.807, 2.05) is 0 Å². The first-order valence-electron chi connectivity index (χ1n) is 12.1. The smallest absolute Gasteiger partial charge is 0.323 e. The van der Waals surface area contributed by atoms with Crippen LogP contribution in [0.3, 0.4) is 0 Å². The topological polar surface area (TPSA) is 101 Å². The summed E-state index contributed by atoms with van der Waals surface area (Å²) in [7, 11) is 0. The number of benzene rings is 4. The third-order valence-electron chi connectivity index (χ3n) is 5.25. The first-order chi connectivity index (χ1) is 18.9. The van der Waals surface area contributed by atoms with Crippen molar-refractivity contribution < 1.29 is 19.1 Å². The summed E-state index contributed by atoms with van der Waals surface area (Å²) >= 11 is 11.7. The van der Waals surface area contributed by atoms with Gasteiger partial charge in [-0.15, -0.1) is 0 Å². The number of amides is 4. The molecule has 10 heteroatoms. The van der Waals surface area contributed by atoms with Crippen LogP contribution in [0.5, 0.6) is 11.5 Å². The Morgan fingerprint density at radius 2 is 0.769 bits per heavy atom. The Hall–Kier alpha value is -4.40. The molecule has 200 valence electrons. The Labute approximate surface area is 236 Å². The quantitative estimate of drug-likeness (QED) is 0.146. The van der Waals surface area contributed by atoms with Crippen molar-refractivity contribution in [1.82, 2.24) is 0 Å². The first kappa shape index (κ1) is 27.6. The van der Waals surface area contributed by atoms with Crippen LogP contribution in [0.25, 0.3) is 0 Å². The van der Waals surface area contributed by atoms with E-state index in [-0.39, 0.29) is 12.1 Å². The number of urea groups is 2. The Bertz CT molecular complexity index is 1260. The second-order valence-corrected chi connectivity index (χ2v) is 9.14. The molecule has 4 rings (SSSR count). The largest absolute Gasteiger partial charge is 0.493 e. The van der Waals surface area contributed by atoms with Gasteiger partial charge in [0.2, 0.25) is 0 Å². The van der Waals surface area contributed by atoms with Gasteiger partial charge < -0.3 is 30.7 Å². The van der Waals surface area contributed by atoms with Crippen LogP contribution in [0, 0.1) is 0 Å². The van der Waals surface area contributed by atoms with Crippen molar-refractivity contribution in [2.75, 3.05) is 34.5 Å². The van der Waals surface area contributed by atoms with Crippen LogP contribution in [0.2, 0.25) is 10.0 Å². The molecule has 8 nitrogen and oxygen atoms in total. The lowest BCUT2D eigenvalue weighted by molar-refractivity contribution is 0.247. The lowest BCUT2D eigenvalue weighted by Gasteiger charge is -2.11. The Balaban J connectivity index is 1.11. The summed E-state index contributed by atoms with van der Waals surface area (Å²) in [5.41, 5.74) is 2.56. The molecule has 0 spiro atoms. The van der Waals surface area contributed by atoms with Crippen molar-refractivity contribution in [3.05, 3.63) is 107 Å². The number of carbonyl (C=O) groups excluding carboxylic acids is 2. The summed E-state index contributed by atoms with van der Waals surface area (Å²) in [5.74, 6) is 1.37. The molecule has 0 heterocycles. The van der Waals surface area contributed by atoms with E-state index < -0.39 is 0 Å². The second-order valence-electron chi connectivity index (χ2n) is 8.27. The maximum Gasteiger partial charge on any atom is 0.323 e. The zero-order valence-electron chi connectivity index (χ0n) is 20.7. The minimum absolute atomic E-state index is 0.354. The maximum absolute atomic E-state index is 12.1. The van der Waals surface area contributed by atoms with Gasteiger partial charge in [-0.1, -0.05) is 23.2 Å². The summed E-state index contributed by atoms with van der Waals surface area (Å²) in [6.45, 7) is 0.933. The van der Waals surface area contributed by atoms with E-state index in [2.05, 4.69) is 21.3 Å². The third kappa shape index (κ3) is 9.45. The molecule has 4 aromatic rings. The van der Waals surface area contributed by atoms with Gasteiger partial charge in [-0.25, -0.2) is 9.59 Å². The van der Waals surface area contributed by atoms with E-state index >= 15 is 0 Å². The standard InChI is InChI=1S/C29H26Cl2N4O4/c30-20-2-6-22(7-3-20)32-28(36)34-24-10-14-26(15-11-24)38-18-1-19-39-27-16-12-25(13-17-27)35-29(37)33-23-8-4-21(31)5-9-23/h2-17H,1,18-19H2,(H2,32,34,36)(H2,33,35,37). The van der Waals surface area contributed by atoms with Gasteiger partial charge in [0.05, 0.1) is 13.2 Å². The lowest BCUT2D eigenvalue weighted by atomic mass is 10.3. The van der Waals surface area contributed by atoms with Gasteiger partial charge in [0.25, 0.3) is 0 Å². The Morgan fingerprint density at radius 1 is 0.487 bits per heavy atom. The predicted molar refractivity (Wildman–Crippen MR) is 157 cm³/mol. The van der Waals surface area contributed by atoms with E-state index in [0.717, 1.165) is 0 Å². The zero-order chi connectivity index (χ0) is 27.5. The third-order valence-corrected chi connectivity index (χ3v) is 5.76. The maximum atomic E-state index is 12.1. The number of hydrogen-bond acceptors (Lipinski definition) is 4. The summed E-state index contributed by atoms with van der Waals surface area (Å²) in [4.78, 5) is 24.3. The predicted octanol–water partition coefficient (Wildman–Crippen LogP) is 8.13. The number of rotatable bonds is 10. The molecule has 0 fully saturated rings. The fourth-order valence-electron chi connectivity index (χ4n) is 3.36. The van der Waals surface area contributed by atoms with E-state index in [1.54, 1.807) is 97.1 Å². The molecule has 0 aliphatic rings. The van der Waals surface area contributed by atoms with Gasteiger partial charge in [0, 0.05) is 39.2 Å². The van der Waals surface area contributed by atoms with E-state index in [0.29, 0.717) is 63.9 Å². The number of carbonyl (C=O) groups is 2. The highest BCUT2D eigenvalue weighted by Gasteiger charge is 2.05. The number of ether oxygens (including phenoxy) is 2. The fourth-order valence-corrected chi connectivity index (χ4v) is 3.61. The number of halogens is 2. The fraction of sp³-hybridized carbons (Fsp3) is 0.103. The molecule has 39 heavy (non-hydrogen) atoms. The molecule has 0 unspecified atom stereocenters. The number of hydrogen-bond donors (Lipinski definition) is 4. The molecule has 0 aliphatic heterocycles. The highest BCUT2D eigenvalue weighted by molar-refractivity contribution is 6.31. The van der Waals surface area contributed by atoms with Crippen LogP contribution >= 0.6 is 23.2 Å². The van der Waals surface area contributed by atoms with Gasteiger partial charge in [0.1, 0.15) is 11.5 Å². The Kier molecular flexibility index (Phi) is 9.88. The van der Waals surface area contributed by atoms with Crippen molar-refractivity contribution in [2.45, 2.75) is 6.42 Å². The average molecular weight is 565 g/mol. The first-order valence-corrected chi connectivity index (χ1v) is 12.8. The van der Waals surface area contributed by atoms with Crippen molar-refractivity contribution in [1.29, 1.82) is 0 Å². The zero-order valence-corrected chi connectivity index (χ0v) is 22.3. The van der Waals surface area contributed by atoms with E-state index in [4.69, 9.17) is 32.7 Å². The van der Waals surface area contributed by atoms with Crippen molar-refractivity contribution in [2.24, 2.45) is 0 Å². The van der Waals surface area contributed by atoms with Crippen molar-refractivity contribution in [3.63, 3.8) is 0 Å². The molecule has 0 saturated heterocycles. The molecule has 0 aromatic heterocycles. The van der Waals surface area contributed by atoms with E-state index in [9.17, 15) is 9.59 Å². The highest BCUT2D eigenvalue weighted by Crippen LogP contribution is 2.19. The monoisotopic (exact) mass is 564 g/mol. The minimum Gasteiger partial charge on any atom is -0.493 e. The minimum atomic E-state index is -0.354. The highest BCUT2D eigenvalue weighted by atomic mass is 35.5. The van der Waals surface area contributed by atoms with Crippen molar-refractivity contribution in [3.8, 4) is 11.5 Å². The number of anilines is 4. The van der Waals surface area contributed by atoms with Crippen LogP contribution in [0.4, 0.5) is 32.3 Å². The van der Waals surface area contributed by atoms with Gasteiger partial charge in [-0.3, -0.25) is 0 Å². The second kappa shape index (κ2) is 13.9. The van der Waals surface area contributed by atoms with Gasteiger partial charge >= 0.3 is 12.1 Å². The van der Waals surface area contributed by atoms with Crippen LogP contribution in [0.1, 0.15) is 6.42 Å². The summed E-state index contributed by atoms with van der Waals surface area (Å²) in [5, 5.41) is 12.2. The average Bonchev–Trinajstić information content (AvgIpc) is 2.93. The van der Waals surface area contributed by atoms with Gasteiger partial charge in [-0.05, 0) is 97.1 Å². The molecule has 0 aliphatic carbocycles. The molecule has 4 aromatic carbocycles. The van der Waals surface area contributed by atoms with Crippen molar-refractivity contribution >= 4 is 58.0 Å². The SMILES string of the molecule is O=C(Nc1ccc(Cl)cc1)Nc1ccc(OCCCOc2ccc(NC(=O)Nc3ccc(Cl)cc3)cc2)cc1. The summed E-state index contributed by atoms with van der Waals surface area (Å²) < 4.78 is 11.5. The van der Waals surface area contributed by atoms with Gasteiger partial charge in [0.15, 0.2) is 0 Å². The summed E-state index contributed by atoms with van der Waals surface area (Å²) in [6, 6.07) is 27.2. The van der Waals surface area contributed by atoms with Crippen LogP contribution in [0.15, 0.2) is 97.1 Å². The molecular weight excluding hydrogens is 539 g/mol. The molecule has 0 atom stereocenters. The van der Waals surface area contributed by atoms with E-state index in [1.165, 1.54) is 0 Å². The lowest BCUT2D eigenvalue weighted by Crippen LogP contribution is -2.19. The molecule has 4 N–H and O–H groups in total. The van der Waals surface area contributed by atoms with Gasteiger partial charge in [-0.2, -0.15) is 0 Å². The number of nitrogens with one attached hydrogen (secondary N) is 4. The van der Waals surface area contributed by atoms with Crippen LogP contribution in [-0.4, -0.2) is 25.3 Å². The Morgan fingerprint density at radius 3 is 1.08 bits per heavy atom.